The summed E-state index contributed by atoms with van der Waals surface area (Å²) >= 11 is 0. The van der Waals surface area contributed by atoms with Gasteiger partial charge < -0.3 is 24.5 Å². The van der Waals surface area contributed by atoms with Gasteiger partial charge in [0.15, 0.2) is 5.96 Å². The highest BCUT2D eigenvalue weighted by Gasteiger charge is 2.12. The zero-order valence-corrected chi connectivity index (χ0v) is 20.2. The van der Waals surface area contributed by atoms with Crippen molar-refractivity contribution in [2.24, 2.45) is 4.99 Å². The van der Waals surface area contributed by atoms with E-state index in [1.165, 1.54) is 13.2 Å². The Labute approximate surface area is 202 Å². The molecule has 1 aromatic heterocycles. The number of hydrogen-bond acceptors (Lipinski definition) is 5. The lowest BCUT2D eigenvalue weighted by atomic mass is 10.1. The van der Waals surface area contributed by atoms with Gasteiger partial charge in [-0.2, -0.15) is 8.78 Å². The van der Waals surface area contributed by atoms with Crippen LogP contribution < -0.4 is 20.1 Å². The second-order valence-electron chi connectivity index (χ2n) is 6.64. The van der Waals surface area contributed by atoms with Crippen molar-refractivity contribution in [2.75, 3.05) is 14.2 Å². The van der Waals surface area contributed by atoms with Gasteiger partial charge in [-0.05, 0) is 37.3 Å². The van der Waals surface area contributed by atoms with E-state index in [0.29, 0.717) is 35.4 Å². The van der Waals surface area contributed by atoms with Crippen LogP contribution in [0, 0.1) is 6.92 Å². The topological polar surface area (TPSA) is 80.9 Å². The Morgan fingerprint density at radius 2 is 1.84 bits per heavy atom. The number of alkyl halides is 2. The van der Waals surface area contributed by atoms with Gasteiger partial charge in [0.05, 0.1) is 19.3 Å². The summed E-state index contributed by atoms with van der Waals surface area (Å²) in [6, 6.07) is 12.5. The molecule has 10 heteroatoms. The minimum absolute atomic E-state index is 0. The molecule has 7 nitrogen and oxygen atoms in total. The standard InChI is InChI=1S/C22H24F2N4O3.HI/c1-14-4-6-15(7-5-14)20-28-17(13-30-20)12-27-22(25-2)26-11-16-10-18(29-3)8-9-19(16)31-21(23)24;/h4-10,13,21H,11-12H2,1-3H3,(H2,25,26,27);1H. The molecule has 32 heavy (non-hydrogen) atoms. The summed E-state index contributed by atoms with van der Waals surface area (Å²) in [4.78, 5) is 8.61. The number of ether oxygens (including phenoxy) is 2. The molecule has 0 fully saturated rings. The molecular weight excluding hydrogens is 533 g/mol. The van der Waals surface area contributed by atoms with Crippen LogP contribution in [-0.4, -0.2) is 31.7 Å². The number of guanidine groups is 1. The Hall–Kier alpha value is -2.89. The number of oxazole rings is 1. The lowest BCUT2D eigenvalue weighted by Gasteiger charge is -2.15. The van der Waals surface area contributed by atoms with Gasteiger partial charge in [-0.15, -0.1) is 24.0 Å². The fourth-order valence-corrected chi connectivity index (χ4v) is 2.82. The van der Waals surface area contributed by atoms with Crippen molar-refractivity contribution >= 4 is 29.9 Å². The van der Waals surface area contributed by atoms with E-state index in [1.54, 1.807) is 25.4 Å². The molecule has 0 unspecified atom stereocenters. The molecule has 3 rings (SSSR count). The van der Waals surface area contributed by atoms with E-state index in [4.69, 9.17) is 9.15 Å². The fraction of sp³-hybridized carbons (Fsp3) is 0.273. The van der Waals surface area contributed by atoms with Crippen LogP contribution in [0.1, 0.15) is 16.8 Å². The number of rotatable bonds is 8. The highest BCUT2D eigenvalue weighted by Crippen LogP contribution is 2.25. The summed E-state index contributed by atoms with van der Waals surface area (Å²) in [5.41, 5.74) is 3.25. The van der Waals surface area contributed by atoms with Crippen LogP contribution in [0.4, 0.5) is 8.78 Å². The summed E-state index contributed by atoms with van der Waals surface area (Å²) in [5, 5.41) is 6.18. The van der Waals surface area contributed by atoms with Crippen molar-refractivity contribution in [3.05, 3.63) is 65.5 Å². The molecule has 0 amide bonds. The number of halogens is 3. The maximum absolute atomic E-state index is 12.7. The molecule has 172 valence electrons. The first kappa shape index (κ1) is 25.4. The molecule has 0 aliphatic rings. The fourth-order valence-electron chi connectivity index (χ4n) is 2.82. The number of nitrogens with zero attached hydrogens (tertiary/aromatic N) is 2. The number of aliphatic imine (C=N–C) groups is 1. The van der Waals surface area contributed by atoms with Crippen molar-refractivity contribution < 1.29 is 22.7 Å². The maximum Gasteiger partial charge on any atom is 0.387 e. The zero-order valence-electron chi connectivity index (χ0n) is 17.9. The summed E-state index contributed by atoms with van der Waals surface area (Å²) < 4.78 is 40.6. The van der Waals surface area contributed by atoms with Gasteiger partial charge in [-0.3, -0.25) is 4.99 Å². The maximum atomic E-state index is 12.7. The van der Waals surface area contributed by atoms with E-state index >= 15 is 0 Å². The predicted molar refractivity (Wildman–Crippen MR) is 129 cm³/mol. The SMILES string of the molecule is CN=C(NCc1coc(-c2ccc(C)cc2)n1)NCc1cc(OC)ccc1OC(F)F.I. The number of methoxy groups -OCH3 is 1. The molecule has 3 aromatic rings. The molecule has 0 bridgehead atoms. The quantitative estimate of drug-likeness (QED) is 0.236. The Kier molecular flexibility index (Phi) is 9.69. The molecule has 0 saturated heterocycles. The lowest BCUT2D eigenvalue weighted by Crippen LogP contribution is -2.36. The summed E-state index contributed by atoms with van der Waals surface area (Å²) in [6.45, 7) is -0.333. The highest BCUT2D eigenvalue weighted by atomic mass is 127. The molecule has 1 heterocycles. The average molecular weight is 558 g/mol. The molecule has 0 radical (unpaired) electrons. The Balaban J connectivity index is 0.00000363. The van der Waals surface area contributed by atoms with Crippen molar-refractivity contribution in [3.63, 3.8) is 0 Å². The number of aryl methyl sites for hydroxylation is 1. The normalized spacial score (nSPS) is 11.1. The van der Waals surface area contributed by atoms with Crippen molar-refractivity contribution in [3.8, 4) is 23.0 Å². The van der Waals surface area contributed by atoms with Crippen LogP contribution in [0.5, 0.6) is 11.5 Å². The van der Waals surface area contributed by atoms with Crippen molar-refractivity contribution in [1.29, 1.82) is 0 Å². The molecule has 0 aliphatic carbocycles. The van der Waals surface area contributed by atoms with E-state index < -0.39 is 6.61 Å². The molecular formula is C22H25F2IN4O3. The first-order chi connectivity index (χ1) is 15.0. The smallest absolute Gasteiger partial charge is 0.387 e. The van der Waals surface area contributed by atoms with Gasteiger partial charge in [-0.1, -0.05) is 17.7 Å². The first-order valence-corrected chi connectivity index (χ1v) is 9.56. The number of benzene rings is 2. The van der Waals surface area contributed by atoms with E-state index in [2.05, 4.69) is 25.3 Å². The Morgan fingerprint density at radius 1 is 1.12 bits per heavy atom. The largest absolute Gasteiger partial charge is 0.497 e. The van der Waals surface area contributed by atoms with Gasteiger partial charge >= 0.3 is 6.61 Å². The van der Waals surface area contributed by atoms with Crippen LogP contribution in [0.3, 0.4) is 0 Å². The third kappa shape index (κ3) is 7.08. The Bertz CT molecular complexity index is 1030. The van der Waals surface area contributed by atoms with Crippen LogP contribution in [0.15, 0.2) is 58.1 Å². The lowest BCUT2D eigenvalue weighted by molar-refractivity contribution is -0.0505. The van der Waals surface area contributed by atoms with E-state index in [1.807, 2.05) is 31.2 Å². The van der Waals surface area contributed by atoms with Crippen LogP contribution >= 0.6 is 24.0 Å². The second-order valence-corrected chi connectivity index (χ2v) is 6.64. The van der Waals surface area contributed by atoms with Gasteiger partial charge in [0.2, 0.25) is 5.89 Å². The molecule has 0 spiro atoms. The number of nitrogens with one attached hydrogen (secondary N) is 2. The van der Waals surface area contributed by atoms with Gasteiger partial charge in [0.1, 0.15) is 17.8 Å². The van der Waals surface area contributed by atoms with Crippen molar-refractivity contribution in [1.82, 2.24) is 15.6 Å². The number of aromatic nitrogens is 1. The first-order valence-electron chi connectivity index (χ1n) is 9.56. The molecule has 0 saturated carbocycles. The molecule has 2 N–H and O–H groups in total. The Morgan fingerprint density at radius 3 is 2.50 bits per heavy atom. The van der Waals surface area contributed by atoms with E-state index in [0.717, 1.165) is 11.1 Å². The second kappa shape index (κ2) is 12.2. The summed E-state index contributed by atoms with van der Waals surface area (Å²) in [6.07, 6.45) is 1.58. The monoisotopic (exact) mass is 558 g/mol. The third-order valence-corrected chi connectivity index (χ3v) is 4.44. The molecule has 2 aromatic carbocycles. The average Bonchev–Trinajstić information content (AvgIpc) is 3.24. The predicted octanol–water partition coefficient (Wildman–Crippen LogP) is 4.74. The van der Waals surface area contributed by atoms with Crippen LogP contribution in [-0.2, 0) is 13.1 Å². The number of hydrogen-bond donors (Lipinski definition) is 2. The highest BCUT2D eigenvalue weighted by molar-refractivity contribution is 14.0. The van der Waals surface area contributed by atoms with E-state index in [-0.39, 0.29) is 36.3 Å². The van der Waals surface area contributed by atoms with Gasteiger partial charge in [-0.25, -0.2) is 4.98 Å². The van der Waals surface area contributed by atoms with Gasteiger partial charge in [0.25, 0.3) is 0 Å². The third-order valence-electron chi connectivity index (χ3n) is 4.44. The summed E-state index contributed by atoms with van der Waals surface area (Å²) in [5.74, 6) is 1.60. The molecule has 0 atom stereocenters. The zero-order chi connectivity index (χ0) is 22.2. The van der Waals surface area contributed by atoms with Crippen LogP contribution in [0.25, 0.3) is 11.5 Å². The summed E-state index contributed by atoms with van der Waals surface area (Å²) in [7, 11) is 3.11. The molecule has 0 aliphatic heterocycles. The van der Waals surface area contributed by atoms with Crippen LogP contribution in [0.2, 0.25) is 0 Å². The minimum Gasteiger partial charge on any atom is -0.497 e. The minimum atomic E-state index is -2.92. The van der Waals surface area contributed by atoms with Gasteiger partial charge in [0, 0.05) is 24.7 Å². The van der Waals surface area contributed by atoms with Crippen molar-refractivity contribution in [2.45, 2.75) is 26.6 Å². The van der Waals surface area contributed by atoms with E-state index in [9.17, 15) is 8.78 Å².